The molecule has 0 unspecified atom stereocenters. The largest absolute Gasteiger partial charge is 0.328 e. The maximum atomic E-state index is 6.00. The van der Waals surface area contributed by atoms with Gasteiger partial charge in [0.05, 0.1) is 0 Å². The fraction of sp³-hybridized carbons (Fsp3) is 0.400. The average molecular weight is 368 g/mol. The van der Waals surface area contributed by atoms with Crippen LogP contribution in [0.2, 0.25) is 5.02 Å². The van der Waals surface area contributed by atoms with Gasteiger partial charge in [0.15, 0.2) is 5.82 Å². The Morgan fingerprint density at radius 1 is 1.08 bits per heavy atom. The standard InChI is InChI=1S/C20H22ClN5/c1-12(11-14-3-4-14)22-19-24-18(16-7-9-17(21)10-8-16)25-20(26-19)23-13(2)15-5-6-15/h7-11,14-15H,3-6H2,1-2H3,(H,22,24,25,26). The van der Waals surface area contributed by atoms with Crippen LogP contribution >= 0.6 is 11.6 Å². The first kappa shape index (κ1) is 17.2. The highest BCUT2D eigenvalue weighted by molar-refractivity contribution is 6.30. The van der Waals surface area contributed by atoms with Gasteiger partial charge in [0.25, 0.3) is 5.95 Å². The van der Waals surface area contributed by atoms with Gasteiger partial charge >= 0.3 is 0 Å². The van der Waals surface area contributed by atoms with E-state index in [1.165, 1.54) is 25.7 Å². The molecule has 2 fully saturated rings. The Labute approximate surface area is 158 Å². The van der Waals surface area contributed by atoms with Crippen molar-refractivity contribution in [3.63, 3.8) is 0 Å². The average Bonchev–Trinajstić information content (AvgIpc) is 3.49. The van der Waals surface area contributed by atoms with Crippen LogP contribution in [0.1, 0.15) is 39.5 Å². The number of nitrogens with one attached hydrogen (secondary N) is 1. The molecule has 2 aliphatic carbocycles. The van der Waals surface area contributed by atoms with Gasteiger partial charge in [0.2, 0.25) is 5.95 Å². The van der Waals surface area contributed by atoms with Crippen molar-refractivity contribution in [2.75, 3.05) is 5.32 Å². The summed E-state index contributed by atoms with van der Waals surface area (Å²) in [5, 5.41) is 3.98. The molecule has 1 N–H and O–H groups in total. The van der Waals surface area contributed by atoms with E-state index in [0.717, 1.165) is 17.0 Å². The van der Waals surface area contributed by atoms with Crippen LogP contribution in [-0.4, -0.2) is 20.7 Å². The number of aromatic nitrogens is 3. The molecule has 1 heterocycles. The Bertz CT molecular complexity index is 864. The van der Waals surface area contributed by atoms with E-state index < -0.39 is 0 Å². The number of hydrogen-bond acceptors (Lipinski definition) is 5. The van der Waals surface area contributed by atoms with E-state index in [-0.39, 0.29) is 0 Å². The molecule has 2 aliphatic rings. The van der Waals surface area contributed by atoms with Crippen molar-refractivity contribution < 1.29 is 0 Å². The van der Waals surface area contributed by atoms with Crippen molar-refractivity contribution >= 4 is 29.2 Å². The molecular weight excluding hydrogens is 346 g/mol. The van der Waals surface area contributed by atoms with Gasteiger partial charge in [0, 0.05) is 22.0 Å². The molecule has 0 spiro atoms. The van der Waals surface area contributed by atoms with Crippen molar-refractivity contribution in [1.82, 2.24) is 15.0 Å². The predicted molar refractivity (Wildman–Crippen MR) is 106 cm³/mol. The van der Waals surface area contributed by atoms with Crippen molar-refractivity contribution in [2.45, 2.75) is 39.5 Å². The molecule has 1 aromatic heterocycles. The number of allylic oxidation sites excluding steroid dienone is 2. The summed E-state index contributed by atoms with van der Waals surface area (Å²) < 4.78 is 0. The summed E-state index contributed by atoms with van der Waals surface area (Å²) in [6.07, 6.45) is 7.19. The first-order valence-corrected chi connectivity index (χ1v) is 9.47. The van der Waals surface area contributed by atoms with E-state index in [4.69, 9.17) is 11.6 Å². The Balaban J connectivity index is 1.68. The van der Waals surface area contributed by atoms with Crippen LogP contribution in [0.15, 0.2) is 41.0 Å². The molecule has 0 amide bonds. The summed E-state index contributed by atoms with van der Waals surface area (Å²) in [6, 6.07) is 7.50. The van der Waals surface area contributed by atoms with Gasteiger partial charge in [-0.15, -0.1) is 0 Å². The molecule has 4 rings (SSSR count). The molecule has 0 radical (unpaired) electrons. The third-order valence-electron chi connectivity index (χ3n) is 4.59. The lowest BCUT2D eigenvalue weighted by Gasteiger charge is -2.08. The summed E-state index contributed by atoms with van der Waals surface area (Å²) in [4.78, 5) is 18.3. The monoisotopic (exact) mass is 367 g/mol. The maximum absolute atomic E-state index is 6.00. The molecule has 0 saturated heterocycles. The Morgan fingerprint density at radius 3 is 2.46 bits per heavy atom. The first-order valence-electron chi connectivity index (χ1n) is 9.09. The predicted octanol–water partition coefficient (Wildman–Crippen LogP) is 5.42. The van der Waals surface area contributed by atoms with Crippen molar-refractivity contribution in [3.05, 3.63) is 41.1 Å². The lowest BCUT2D eigenvalue weighted by molar-refractivity contribution is 1.02. The zero-order chi connectivity index (χ0) is 18.1. The molecule has 26 heavy (non-hydrogen) atoms. The number of rotatable bonds is 6. The second kappa shape index (κ2) is 7.16. The van der Waals surface area contributed by atoms with Crippen LogP contribution in [-0.2, 0) is 0 Å². The van der Waals surface area contributed by atoms with Crippen LogP contribution in [0.25, 0.3) is 11.4 Å². The normalized spacial score (nSPS) is 18.1. The zero-order valence-electron chi connectivity index (χ0n) is 15.0. The van der Waals surface area contributed by atoms with Crippen molar-refractivity contribution in [1.29, 1.82) is 0 Å². The minimum atomic E-state index is 0.455. The lowest BCUT2D eigenvalue weighted by atomic mass is 10.2. The van der Waals surface area contributed by atoms with E-state index in [0.29, 0.717) is 34.6 Å². The van der Waals surface area contributed by atoms with Gasteiger partial charge in [-0.2, -0.15) is 15.0 Å². The fourth-order valence-corrected chi connectivity index (χ4v) is 2.91. The summed E-state index contributed by atoms with van der Waals surface area (Å²) in [6.45, 7) is 4.09. The molecule has 134 valence electrons. The molecule has 6 heteroatoms. The Morgan fingerprint density at radius 2 is 1.81 bits per heavy atom. The van der Waals surface area contributed by atoms with Gasteiger partial charge < -0.3 is 5.32 Å². The fourth-order valence-electron chi connectivity index (χ4n) is 2.78. The Kier molecular flexibility index (Phi) is 4.72. The number of halogens is 1. The third-order valence-corrected chi connectivity index (χ3v) is 4.84. The summed E-state index contributed by atoms with van der Waals surface area (Å²) >= 11 is 6.00. The quantitative estimate of drug-likeness (QED) is 0.692. The molecule has 0 bridgehead atoms. The van der Waals surface area contributed by atoms with Gasteiger partial charge in [-0.1, -0.05) is 17.7 Å². The van der Waals surface area contributed by atoms with Crippen LogP contribution in [0.4, 0.5) is 11.9 Å². The molecule has 1 aromatic carbocycles. The number of hydrogen-bond donors (Lipinski definition) is 1. The molecule has 2 aromatic rings. The molecule has 0 aliphatic heterocycles. The molecular formula is C20H22ClN5. The Hall–Kier alpha value is -2.27. The van der Waals surface area contributed by atoms with Crippen LogP contribution in [0.3, 0.4) is 0 Å². The first-order chi connectivity index (χ1) is 12.6. The summed E-state index contributed by atoms with van der Waals surface area (Å²) in [5.41, 5.74) is 3.05. The highest BCUT2D eigenvalue weighted by Crippen LogP contribution is 2.32. The van der Waals surface area contributed by atoms with Crippen molar-refractivity contribution in [3.8, 4) is 11.4 Å². The highest BCUT2D eigenvalue weighted by Gasteiger charge is 2.25. The zero-order valence-corrected chi connectivity index (χ0v) is 15.8. The number of benzene rings is 1. The summed E-state index contributed by atoms with van der Waals surface area (Å²) in [7, 11) is 0. The van der Waals surface area contributed by atoms with E-state index in [1.807, 2.05) is 31.2 Å². The van der Waals surface area contributed by atoms with Crippen molar-refractivity contribution in [2.24, 2.45) is 16.8 Å². The minimum Gasteiger partial charge on any atom is -0.328 e. The van der Waals surface area contributed by atoms with Gasteiger partial charge in [-0.3, -0.25) is 0 Å². The summed E-state index contributed by atoms with van der Waals surface area (Å²) in [5.74, 6) is 2.85. The van der Waals surface area contributed by atoms with Crippen LogP contribution in [0, 0.1) is 11.8 Å². The smallest absolute Gasteiger partial charge is 0.254 e. The number of aliphatic imine (C=N–C) groups is 1. The van der Waals surface area contributed by atoms with Crippen LogP contribution in [0.5, 0.6) is 0 Å². The van der Waals surface area contributed by atoms with Gasteiger partial charge in [-0.25, -0.2) is 4.99 Å². The van der Waals surface area contributed by atoms with Gasteiger partial charge in [-0.05, 0) is 75.6 Å². The minimum absolute atomic E-state index is 0.455. The molecule has 2 saturated carbocycles. The SMILES string of the molecule is CC(=CC1CC1)Nc1nc(N=C(C)C2CC2)nc(-c2ccc(Cl)cc2)n1. The van der Waals surface area contributed by atoms with Crippen LogP contribution < -0.4 is 5.32 Å². The lowest BCUT2D eigenvalue weighted by Crippen LogP contribution is -2.05. The van der Waals surface area contributed by atoms with E-state index >= 15 is 0 Å². The second-order valence-electron chi connectivity index (χ2n) is 7.13. The molecule has 5 nitrogen and oxygen atoms in total. The third kappa shape index (κ3) is 4.47. The van der Waals surface area contributed by atoms with E-state index in [1.54, 1.807) is 0 Å². The highest BCUT2D eigenvalue weighted by atomic mass is 35.5. The van der Waals surface area contributed by atoms with E-state index in [2.05, 4.69) is 38.3 Å². The topological polar surface area (TPSA) is 63.1 Å². The second-order valence-corrected chi connectivity index (χ2v) is 7.57. The number of nitrogens with zero attached hydrogens (tertiary/aromatic N) is 4. The number of anilines is 1. The van der Waals surface area contributed by atoms with E-state index in [9.17, 15) is 0 Å². The maximum Gasteiger partial charge on any atom is 0.254 e. The van der Waals surface area contributed by atoms with Gasteiger partial charge in [0.1, 0.15) is 0 Å². The molecule has 0 atom stereocenters.